The van der Waals surface area contributed by atoms with Crippen molar-refractivity contribution in [3.05, 3.63) is 53.3 Å². The molecule has 0 spiro atoms. The highest BCUT2D eigenvalue weighted by Crippen LogP contribution is 2.34. The van der Waals surface area contributed by atoms with Crippen molar-refractivity contribution >= 4 is 21.4 Å². The Kier molecular flexibility index (Phi) is 5.84. The van der Waals surface area contributed by atoms with Crippen LogP contribution in [0.25, 0.3) is 0 Å². The molecule has 2 aromatic carbocycles. The van der Waals surface area contributed by atoms with E-state index in [0.29, 0.717) is 19.0 Å². The number of hydrogen-bond acceptors (Lipinski definition) is 5. The first kappa shape index (κ1) is 22.8. The molecule has 4 rings (SSSR count). The number of rotatable bonds is 4. The third-order valence-electron chi connectivity index (χ3n) is 5.88. The maximum Gasteiger partial charge on any atom is 0.416 e. The molecule has 32 heavy (non-hydrogen) atoms. The van der Waals surface area contributed by atoms with Gasteiger partial charge in [-0.1, -0.05) is 0 Å². The minimum absolute atomic E-state index is 0.0665. The summed E-state index contributed by atoms with van der Waals surface area (Å²) in [6.45, 7) is 2.66. The van der Waals surface area contributed by atoms with Crippen LogP contribution in [-0.2, 0) is 22.6 Å². The number of benzene rings is 2. The topological polar surface area (TPSA) is 64.1 Å². The highest BCUT2D eigenvalue weighted by atomic mass is 32.2. The van der Waals surface area contributed by atoms with Crippen LogP contribution >= 0.6 is 0 Å². The number of alkyl halides is 3. The van der Waals surface area contributed by atoms with E-state index >= 15 is 0 Å². The molecule has 0 radical (unpaired) electrons. The lowest BCUT2D eigenvalue weighted by Crippen LogP contribution is -2.48. The lowest BCUT2D eigenvalue weighted by molar-refractivity contribution is -0.137. The third-order valence-corrected chi connectivity index (χ3v) is 7.78. The minimum atomic E-state index is -4.67. The molecule has 174 valence electrons. The number of piperazine rings is 1. The van der Waals surface area contributed by atoms with Gasteiger partial charge in [-0.3, -0.25) is 0 Å². The molecule has 2 aliphatic rings. The Morgan fingerprint density at radius 2 is 1.69 bits per heavy atom. The first-order chi connectivity index (χ1) is 15.0. The van der Waals surface area contributed by atoms with Gasteiger partial charge in [0.05, 0.1) is 10.5 Å². The lowest BCUT2D eigenvalue weighted by Gasteiger charge is -2.35. The average molecular weight is 473 g/mol. The summed E-state index contributed by atoms with van der Waals surface area (Å²) in [6.07, 6.45) is -4.72. The third kappa shape index (κ3) is 4.28. The van der Waals surface area contributed by atoms with Crippen molar-refractivity contribution in [3.8, 4) is 0 Å². The predicted octanol–water partition coefficient (Wildman–Crippen LogP) is 3.06. The van der Waals surface area contributed by atoms with Gasteiger partial charge in [0, 0.05) is 44.1 Å². The second-order valence-corrected chi connectivity index (χ2v) is 9.89. The van der Waals surface area contributed by atoms with Crippen molar-refractivity contribution in [3.63, 3.8) is 0 Å². The van der Waals surface area contributed by atoms with Gasteiger partial charge < -0.3 is 14.9 Å². The monoisotopic (exact) mass is 473 g/mol. The van der Waals surface area contributed by atoms with Crippen molar-refractivity contribution in [1.82, 2.24) is 4.31 Å². The zero-order valence-electron chi connectivity index (χ0n) is 17.3. The van der Waals surface area contributed by atoms with E-state index in [-0.39, 0.29) is 36.8 Å². The standard InChI is InChI=1S/C21H23F4N3O3S/c1-14(29)28-5-4-15-10-19(2-3-20(15)28)32(30,31)27-8-6-26(7-9-27)18-12-16(21(23,24)25)11-17(22)13-18/h2-3,10-14,29H,4-9H2,1H3. The van der Waals surface area contributed by atoms with Crippen LogP contribution in [0.3, 0.4) is 0 Å². The largest absolute Gasteiger partial charge is 0.416 e. The Hall–Kier alpha value is -2.37. The molecule has 11 heteroatoms. The highest BCUT2D eigenvalue weighted by Gasteiger charge is 2.34. The van der Waals surface area contributed by atoms with E-state index in [9.17, 15) is 31.1 Å². The molecule has 0 aliphatic carbocycles. The van der Waals surface area contributed by atoms with E-state index < -0.39 is 33.8 Å². The second-order valence-electron chi connectivity index (χ2n) is 7.95. The van der Waals surface area contributed by atoms with Crippen LogP contribution < -0.4 is 9.80 Å². The number of sulfonamides is 1. The van der Waals surface area contributed by atoms with Crippen LogP contribution in [0.4, 0.5) is 28.9 Å². The van der Waals surface area contributed by atoms with Gasteiger partial charge in [-0.25, -0.2) is 12.8 Å². The Morgan fingerprint density at radius 3 is 2.31 bits per heavy atom. The fourth-order valence-corrected chi connectivity index (χ4v) is 5.68. The molecule has 1 unspecified atom stereocenters. The van der Waals surface area contributed by atoms with Crippen LogP contribution in [0.1, 0.15) is 18.1 Å². The first-order valence-electron chi connectivity index (χ1n) is 10.2. The van der Waals surface area contributed by atoms with Gasteiger partial charge in [0.25, 0.3) is 0 Å². The Bertz CT molecular complexity index is 1110. The summed E-state index contributed by atoms with van der Waals surface area (Å²) in [5.41, 5.74) is 0.637. The fourth-order valence-electron chi connectivity index (χ4n) is 4.21. The van der Waals surface area contributed by atoms with Gasteiger partial charge in [0.1, 0.15) is 12.0 Å². The van der Waals surface area contributed by atoms with Crippen LogP contribution in [0.2, 0.25) is 0 Å². The molecule has 0 saturated carbocycles. The molecule has 1 saturated heterocycles. The number of halogens is 4. The zero-order valence-corrected chi connectivity index (χ0v) is 18.1. The maximum absolute atomic E-state index is 13.7. The number of nitrogens with zero attached hydrogens (tertiary/aromatic N) is 3. The maximum atomic E-state index is 13.7. The lowest BCUT2D eigenvalue weighted by atomic mass is 10.1. The summed E-state index contributed by atoms with van der Waals surface area (Å²) in [5.74, 6) is -0.991. The molecule has 0 bridgehead atoms. The number of anilines is 2. The fraction of sp³-hybridized carbons (Fsp3) is 0.429. The van der Waals surface area contributed by atoms with E-state index in [2.05, 4.69) is 0 Å². The smallest absolute Gasteiger partial charge is 0.374 e. The summed E-state index contributed by atoms with van der Waals surface area (Å²) >= 11 is 0. The van der Waals surface area contributed by atoms with E-state index in [1.165, 1.54) is 10.4 Å². The normalized spacial score (nSPS) is 18.7. The summed E-state index contributed by atoms with van der Waals surface area (Å²) < 4.78 is 80.2. The Labute approximate surface area is 183 Å². The van der Waals surface area contributed by atoms with Gasteiger partial charge in [-0.15, -0.1) is 0 Å². The van der Waals surface area contributed by atoms with Gasteiger partial charge in [-0.05, 0) is 55.3 Å². The van der Waals surface area contributed by atoms with E-state index in [1.807, 2.05) is 0 Å². The zero-order chi connectivity index (χ0) is 23.3. The van der Waals surface area contributed by atoms with Crippen molar-refractivity contribution < 1.29 is 31.1 Å². The quantitative estimate of drug-likeness (QED) is 0.692. The molecule has 0 aromatic heterocycles. The van der Waals surface area contributed by atoms with Gasteiger partial charge >= 0.3 is 6.18 Å². The molecule has 6 nitrogen and oxygen atoms in total. The predicted molar refractivity (Wildman–Crippen MR) is 112 cm³/mol. The van der Waals surface area contributed by atoms with Crippen LogP contribution in [-0.4, -0.2) is 56.8 Å². The summed E-state index contributed by atoms with van der Waals surface area (Å²) in [6, 6.07) is 7.14. The van der Waals surface area contributed by atoms with Crippen LogP contribution in [0, 0.1) is 5.82 Å². The van der Waals surface area contributed by atoms with Crippen molar-refractivity contribution in [2.45, 2.75) is 30.6 Å². The minimum Gasteiger partial charge on any atom is -0.374 e. The Morgan fingerprint density at radius 1 is 1.00 bits per heavy atom. The van der Waals surface area contributed by atoms with Crippen LogP contribution in [0.15, 0.2) is 41.3 Å². The number of aliphatic hydroxyl groups is 1. The summed E-state index contributed by atoms with van der Waals surface area (Å²) in [7, 11) is -3.79. The number of fused-ring (bicyclic) bond motifs is 1. The highest BCUT2D eigenvalue weighted by molar-refractivity contribution is 7.89. The molecule has 2 heterocycles. The van der Waals surface area contributed by atoms with Crippen molar-refractivity contribution in [2.75, 3.05) is 42.5 Å². The van der Waals surface area contributed by atoms with Gasteiger partial charge in [0.2, 0.25) is 10.0 Å². The number of aliphatic hydroxyl groups excluding tert-OH is 1. The van der Waals surface area contributed by atoms with Gasteiger partial charge in [-0.2, -0.15) is 17.5 Å². The molecule has 1 atom stereocenters. The second kappa shape index (κ2) is 8.20. The molecule has 0 amide bonds. The van der Waals surface area contributed by atoms with Gasteiger partial charge in [0.15, 0.2) is 0 Å². The summed E-state index contributed by atoms with van der Waals surface area (Å²) in [5, 5.41) is 9.84. The SMILES string of the molecule is CC(O)N1CCc2cc(S(=O)(=O)N3CCN(c4cc(F)cc(C(F)(F)F)c4)CC3)ccc21. The molecule has 1 fully saturated rings. The first-order valence-corrected chi connectivity index (χ1v) is 11.6. The molecular weight excluding hydrogens is 450 g/mol. The summed E-state index contributed by atoms with van der Waals surface area (Å²) in [4.78, 5) is 3.48. The average Bonchev–Trinajstić information content (AvgIpc) is 3.16. The van der Waals surface area contributed by atoms with Crippen molar-refractivity contribution in [2.24, 2.45) is 0 Å². The molecule has 2 aliphatic heterocycles. The molecule has 1 N–H and O–H groups in total. The molecule has 2 aromatic rings. The van der Waals surface area contributed by atoms with E-state index in [0.717, 1.165) is 23.4 Å². The molecular formula is C21H23F4N3O3S. The van der Waals surface area contributed by atoms with Crippen LogP contribution in [0.5, 0.6) is 0 Å². The van der Waals surface area contributed by atoms with E-state index in [1.54, 1.807) is 28.9 Å². The van der Waals surface area contributed by atoms with E-state index in [4.69, 9.17) is 0 Å². The van der Waals surface area contributed by atoms with Crippen molar-refractivity contribution in [1.29, 1.82) is 0 Å². The Balaban J connectivity index is 1.50. The number of hydrogen-bond donors (Lipinski definition) is 1.